The van der Waals surface area contributed by atoms with E-state index in [0.717, 1.165) is 0 Å². The molecule has 18 heavy (non-hydrogen) atoms. The fraction of sp³-hybridized carbons (Fsp3) is 0. The van der Waals surface area contributed by atoms with Gasteiger partial charge in [-0.15, -0.1) is 0 Å². The normalized spacial score (nSPS) is 10.1. The van der Waals surface area contributed by atoms with Gasteiger partial charge in [0.2, 0.25) is 5.56 Å². The molecule has 0 saturated heterocycles. The summed E-state index contributed by atoms with van der Waals surface area (Å²) in [7, 11) is 0. The molecule has 2 N–H and O–H groups in total. The highest BCUT2D eigenvalue weighted by molar-refractivity contribution is 6.38. The van der Waals surface area contributed by atoms with Crippen LogP contribution in [0.5, 0.6) is 0 Å². The molecule has 2 aromatic rings. The minimum absolute atomic E-state index is 0.0154. The van der Waals surface area contributed by atoms with Crippen molar-refractivity contribution in [2.24, 2.45) is 0 Å². The zero-order valence-corrected chi connectivity index (χ0v) is 10.3. The highest BCUT2D eigenvalue weighted by Gasteiger charge is 2.13. The smallest absolute Gasteiger partial charge is 0.272 e. The molecule has 6 nitrogen and oxygen atoms in total. The van der Waals surface area contributed by atoms with Crippen LogP contribution in [0.1, 0.15) is 10.5 Å². The Morgan fingerprint density at radius 1 is 1.22 bits per heavy atom. The molecule has 0 radical (unpaired) electrons. The molecule has 0 aliphatic heterocycles. The average Bonchev–Trinajstić information content (AvgIpc) is 2.34. The van der Waals surface area contributed by atoms with E-state index in [9.17, 15) is 9.59 Å². The van der Waals surface area contributed by atoms with Gasteiger partial charge < -0.3 is 10.3 Å². The number of carbonyl (C=O) groups is 1. The second-order valence-corrected chi connectivity index (χ2v) is 3.93. The second kappa shape index (κ2) is 5.16. The first-order chi connectivity index (χ1) is 8.58. The van der Waals surface area contributed by atoms with Crippen LogP contribution >= 0.6 is 23.2 Å². The van der Waals surface area contributed by atoms with Crippen molar-refractivity contribution in [2.45, 2.75) is 0 Å². The van der Waals surface area contributed by atoms with Crippen LogP contribution in [0.25, 0.3) is 0 Å². The molecule has 0 aliphatic rings. The summed E-state index contributed by atoms with van der Waals surface area (Å²) in [5.41, 5.74) is -0.210. The van der Waals surface area contributed by atoms with Gasteiger partial charge in [0.1, 0.15) is 17.7 Å². The molecule has 0 saturated carbocycles. The van der Waals surface area contributed by atoms with E-state index in [2.05, 4.69) is 20.3 Å². The van der Waals surface area contributed by atoms with Crippen molar-refractivity contribution in [2.75, 3.05) is 5.32 Å². The lowest BCUT2D eigenvalue weighted by atomic mass is 10.3. The fourth-order valence-corrected chi connectivity index (χ4v) is 1.62. The Bertz CT molecular complexity index is 636. The summed E-state index contributed by atoms with van der Waals surface area (Å²) in [6.45, 7) is 0. The highest BCUT2D eigenvalue weighted by Crippen LogP contribution is 2.25. The van der Waals surface area contributed by atoms with Crippen molar-refractivity contribution in [1.82, 2.24) is 15.0 Å². The van der Waals surface area contributed by atoms with Crippen LogP contribution < -0.4 is 10.9 Å². The minimum atomic E-state index is -0.564. The van der Waals surface area contributed by atoms with Crippen LogP contribution in [-0.2, 0) is 0 Å². The van der Waals surface area contributed by atoms with Gasteiger partial charge in [-0.05, 0) is 6.07 Å². The summed E-state index contributed by atoms with van der Waals surface area (Å²) in [5.74, 6) is -0.564. The first-order valence-electron chi connectivity index (χ1n) is 4.74. The van der Waals surface area contributed by atoms with Crippen molar-refractivity contribution in [1.29, 1.82) is 0 Å². The first kappa shape index (κ1) is 12.5. The molecule has 0 atom stereocenters. The molecule has 0 aromatic carbocycles. The first-order valence-corrected chi connectivity index (χ1v) is 5.50. The monoisotopic (exact) mass is 284 g/mol. The van der Waals surface area contributed by atoms with E-state index in [-0.39, 0.29) is 27.2 Å². The van der Waals surface area contributed by atoms with E-state index in [0.29, 0.717) is 0 Å². The number of aromatic amines is 1. The third-order valence-corrected chi connectivity index (χ3v) is 2.58. The zero-order chi connectivity index (χ0) is 13.1. The number of hydrogen-bond acceptors (Lipinski definition) is 4. The van der Waals surface area contributed by atoms with Crippen LogP contribution in [0.15, 0.2) is 29.3 Å². The molecule has 2 rings (SSSR count). The maximum absolute atomic E-state index is 11.8. The molecule has 1 amide bonds. The van der Waals surface area contributed by atoms with Crippen molar-refractivity contribution in [3.05, 3.63) is 50.9 Å². The number of halogens is 2. The van der Waals surface area contributed by atoms with Gasteiger partial charge in [-0.2, -0.15) is 0 Å². The number of carbonyl (C=O) groups excluding carboxylic acids is 1. The molecule has 92 valence electrons. The highest BCUT2D eigenvalue weighted by atomic mass is 35.5. The van der Waals surface area contributed by atoms with Gasteiger partial charge in [-0.1, -0.05) is 29.3 Å². The van der Waals surface area contributed by atoms with Crippen molar-refractivity contribution in [3.63, 3.8) is 0 Å². The maximum atomic E-state index is 11.8. The molecular weight excluding hydrogens is 279 g/mol. The van der Waals surface area contributed by atoms with Crippen LogP contribution in [0, 0.1) is 0 Å². The molecule has 2 aromatic heterocycles. The lowest BCUT2D eigenvalue weighted by Gasteiger charge is -2.07. The molecule has 0 aliphatic carbocycles. The molecule has 0 unspecified atom stereocenters. The molecule has 2 heterocycles. The molecule has 0 spiro atoms. The summed E-state index contributed by atoms with van der Waals surface area (Å²) in [5, 5.41) is 2.45. The topological polar surface area (TPSA) is 87.7 Å². The lowest BCUT2D eigenvalue weighted by Crippen LogP contribution is -2.18. The standard InChI is InChI=1S/C10H6Cl2N4O2/c11-8-7(9(12)14-4-13-8)16-10(18)5-2-1-3-6(17)15-5/h1-4H,(H,15,17)(H,16,18). The lowest BCUT2D eigenvalue weighted by molar-refractivity contribution is 0.102. The third-order valence-electron chi connectivity index (χ3n) is 2.01. The summed E-state index contributed by atoms with van der Waals surface area (Å²) in [6.07, 6.45) is 1.17. The number of rotatable bonds is 2. The molecular formula is C10H6Cl2N4O2. The summed E-state index contributed by atoms with van der Waals surface area (Å²) >= 11 is 11.5. The third kappa shape index (κ3) is 2.66. The van der Waals surface area contributed by atoms with Crippen LogP contribution in [0.3, 0.4) is 0 Å². The number of anilines is 1. The largest absolute Gasteiger partial charge is 0.318 e. The predicted molar refractivity (Wildman–Crippen MR) is 67.1 cm³/mol. The molecule has 0 bridgehead atoms. The number of aromatic nitrogens is 3. The molecule has 0 fully saturated rings. The number of nitrogens with zero attached hydrogens (tertiary/aromatic N) is 2. The summed E-state index contributed by atoms with van der Waals surface area (Å²) in [6, 6.07) is 4.20. The van der Waals surface area contributed by atoms with Crippen LogP contribution in [0.2, 0.25) is 10.3 Å². The summed E-state index contributed by atoms with van der Waals surface area (Å²) in [4.78, 5) is 32.6. The quantitative estimate of drug-likeness (QED) is 0.822. The van der Waals surface area contributed by atoms with Gasteiger partial charge in [-0.3, -0.25) is 9.59 Å². The zero-order valence-electron chi connectivity index (χ0n) is 8.78. The van der Waals surface area contributed by atoms with E-state index in [1.54, 1.807) is 0 Å². The van der Waals surface area contributed by atoms with E-state index in [4.69, 9.17) is 23.2 Å². The number of H-pyrrole nitrogens is 1. The van der Waals surface area contributed by atoms with Gasteiger partial charge in [0.25, 0.3) is 5.91 Å². The number of pyridine rings is 1. The second-order valence-electron chi connectivity index (χ2n) is 3.21. The van der Waals surface area contributed by atoms with Crippen LogP contribution in [0.4, 0.5) is 5.69 Å². The SMILES string of the molecule is O=C(Nc1c(Cl)ncnc1Cl)c1cccc(=O)[nH]1. The Labute approximate surface area is 111 Å². The van der Waals surface area contributed by atoms with E-state index in [1.165, 1.54) is 24.5 Å². The van der Waals surface area contributed by atoms with Gasteiger partial charge in [-0.25, -0.2) is 9.97 Å². The Balaban J connectivity index is 2.30. The number of hydrogen-bond donors (Lipinski definition) is 2. The van der Waals surface area contributed by atoms with Gasteiger partial charge in [0.05, 0.1) is 0 Å². The number of amides is 1. The van der Waals surface area contributed by atoms with Crippen molar-refractivity contribution < 1.29 is 4.79 Å². The fourth-order valence-electron chi connectivity index (χ4n) is 1.21. The van der Waals surface area contributed by atoms with E-state index in [1.807, 2.05) is 0 Å². The van der Waals surface area contributed by atoms with Gasteiger partial charge in [0, 0.05) is 6.07 Å². The maximum Gasteiger partial charge on any atom is 0.272 e. The van der Waals surface area contributed by atoms with E-state index < -0.39 is 5.91 Å². The summed E-state index contributed by atoms with van der Waals surface area (Å²) < 4.78 is 0. The predicted octanol–water partition coefficient (Wildman–Crippen LogP) is 1.72. The van der Waals surface area contributed by atoms with Crippen molar-refractivity contribution in [3.8, 4) is 0 Å². The minimum Gasteiger partial charge on any atom is -0.318 e. The van der Waals surface area contributed by atoms with Crippen molar-refractivity contribution >= 4 is 34.8 Å². The van der Waals surface area contributed by atoms with Gasteiger partial charge in [0.15, 0.2) is 10.3 Å². The Morgan fingerprint density at radius 3 is 2.50 bits per heavy atom. The Morgan fingerprint density at radius 2 is 1.89 bits per heavy atom. The Kier molecular flexibility index (Phi) is 3.59. The Hall–Kier alpha value is -1.92. The number of nitrogens with one attached hydrogen (secondary N) is 2. The van der Waals surface area contributed by atoms with Gasteiger partial charge >= 0.3 is 0 Å². The van der Waals surface area contributed by atoms with Crippen LogP contribution in [-0.4, -0.2) is 20.9 Å². The average molecular weight is 285 g/mol. The molecule has 8 heteroatoms. The van der Waals surface area contributed by atoms with E-state index >= 15 is 0 Å².